The van der Waals surface area contributed by atoms with E-state index < -0.39 is 5.82 Å². The van der Waals surface area contributed by atoms with Crippen molar-refractivity contribution in [3.8, 4) is 0 Å². The van der Waals surface area contributed by atoms with Crippen molar-refractivity contribution in [1.82, 2.24) is 14.6 Å². The van der Waals surface area contributed by atoms with E-state index in [1.807, 2.05) is 6.07 Å². The molecule has 4 rings (SSSR count). The Labute approximate surface area is 131 Å². The van der Waals surface area contributed by atoms with Gasteiger partial charge in [0.05, 0.1) is 17.6 Å². The van der Waals surface area contributed by atoms with E-state index in [2.05, 4.69) is 20.7 Å². The number of hydrogen-bond acceptors (Lipinski definition) is 6. The summed E-state index contributed by atoms with van der Waals surface area (Å²) >= 11 is 0. The molecule has 2 aromatic heterocycles. The Morgan fingerprint density at radius 1 is 1.22 bits per heavy atom. The molecule has 0 amide bonds. The SMILES string of the molecule is Nc1cc(Nc2cc(NC3CC3)c3ncc(N)n3n2)ccc1F. The highest BCUT2D eigenvalue weighted by atomic mass is 19.1. The standard InChI is InChI=1S/C15H16FN7/c16-10-4-3-9(5-11(10)17)21-14-6-12(20-8-1-2-8)15-19-7-13(18)23(15)22-14/h3-8,20H,1-2,17-18H2,(H,21,22). The predicted octanol–water partition coefficient (Wildman–Crippen LogP) is 2.35. The zero-order valence-electron chi connectivity index (χ0n) is 12.3. The third-order valence-corrected chi connectivity index (χ3v) is 3.70. The van der Waals surface area contributed by atoms with Gasteiger partial charge in [0.15, 0.2) is 11.5 Å². The monoisotopic (exact) mass is 313 g/mol. The lowest BCUT2D eigenvalue weighted by Crippen LogP contribution is -2.08. The summed E-state index contributed by atoms with van der Waals surface area (Å²) < 4.78 is 14.8. The summed E-state index contributed by atoms with van der Waals surface area (Å²) in [7, 11) is 0. The second-order valence-electron chi connectivity index (χ2n) is 5.64. The van der Waals surface area contributed by atoms with E-state index in [9.17, 15) is 4.39 Å². The molecular weight excluding hydrogens is 297 g/mol. The smallest absolute Gasteiger partial charge is 0.179 e. The van der Waals surface area contributed by atoms with Crippen LogP contribution in [-0.4, -0.2) is 20.6 Å². The van der Waals surface area contributed by atoms with Crippen LogP contribution in [0.3, 0.4) is 0 Å². The molecule has 0 bridgehead atoms. The van der Waals surface area contributed by atoms with Gasteiger partial charge >= 0.3 is 0 Å². The van der Waals surface area contributed by atoms with E-state index in [0.29, 0.717) is 29.0 Å². The number of imidazole rings is 1. The minimum atomic E-state index is -0.450. The first-order valence-electron chi connectivity index (χ1n) is 7.33. The van der Waals surface area contributed by atoms with Crippen LogP contribution in [-0.2, 0) is 0 Å². The lowest BCUT2D eigenvalue weighted by Gasteiger charge is -2.11. The number of nitrogens with two attached hydrogens (primary N) is 2. The van der Waals surface area contributed by atoms with Crippen LogP contribution in [0.15, 0.2) is 30.5 Å². The molecule has 6 N–H and O–H groups in total. The zero-order chi connectivity index (χ0) is 16.0. The molecule has 0 spiro atoms. The van der Waals surface area contributed by atoms with Crippen molar-refractivity contribution in [3.63, 3.8) is 0 Å². The fourth-order valence-corrected chi connectivity index (χ4v) is 2.37. The maximum absolute atomic E-state index is 13.3. The van der Waals surface area contributed by atoms with Gasteiger partial charge in [-0.05, 0) is 31.0 Å². The van der Waals surface area contributed by atoms with E-state index in [1.54, 1.807) is 16.8 Å². The van der Waals surface area contributed by atoms with Gasteiger partial charge in [-0.25, -0.2) is 9.37 Å². The predicted molar refractivity (Wildman–Crippen MR) is 88.1 cm³/mol. The number of nitrogens with one attached hydrogen (secondary N) is 2. The number of anilines is 5. The van der Waals surface area contributed by atoms with Crippen LogP contribution < -0.4 is 22.1 Å². The van der Waals surface area contributed by atoms with Gasteiger partial charge in [0, 0.05) is 17.8 Å². The first-order valence-corrected chi connectivity index (χ1v) is 7.33. The summed E-state index contributed by atoms with van der Waals surface area (Å²) in [6.45, 7) is 0. The fourth-order valence-electron chi connectivity index (χ4n) is 2.37. The Morgan fingerprint density at radius 2 is 2.04 bits per heavy atom. The molecule has 7 nitrogen and oxygen atoms in total. The summed E-state index contributed by atoms with van der Waals surface area (Å²) in [4.78, 5) is 4.29. The Kier molecular flexibility index (Phi) is 2.97. The topological polar surface area (TPSA) is 106 Å². The molecule has 118 valence electrons. The summed E-state index contributed by atoms with van der Waals surface area (Å²) in [5, 5.41) is 10.9. The van der Waals surface area contributed by atoms with Gasteiger partial charge in [0.25, 0.3) is 0 Å². The molecule has 3 aromatic rings. The van der Waals surface area contributed by atoms with Crippen molar-refractivity contribution < 1.29 is 4.39 Å². The Balaban J connectivity index is 1.73. The molecule has 1 saturated carbocycles. The molecule has 1 aliphatic carbocycles. The maximum Gasteiger partial charge on any atom is 0.179 e. The van der Waals surface area contributed by atoms with Gasteiger partial charge < -0.3 is 22.1 Å². The first kappa shape index (κ1) is 13.6. The highest BCUT2D eigenvalue weighted by Gasteiger charge is 2.23. The van der Waals surface area contributed by atoms with Crippen molar-refractivity contribution in [1.29, 1.82) is 0 Å². The third kappa shape index (κ3) is 2.59. The lowest BCUT2D eigenvalue weighted by molar-refractivity contribution is 0.632. The van der Waals surface area contributed by atoms with Gasteiger partial charge in [-0.15, -0.1) is 5.10 Å². The quantitative estimate of drug-likeness (QED) is 0.551. The molecule has 2 heterocycles. The highest BCUT2D eigenvalue weighted by molar-refractivity contribution is 5.74. The number of halogens is 1. The van der Waals surface area contributed by atoms with E-state index in [0.717, 1.165) is 18.5 Å². The van der Waals surface area contributed by atoms with Gasteiger partial charge in [-0.2, -0.15) is 4.52 Å². The molecule has 8 heteroatoms. The number of nitrogen functional groups attached to an aromatic ring is 2. The normalized spacial score (nSPS) is 14.1. The van der Waals surface area contributed by atoms with Crippen LogP contribution in [0.1, 0.15) is 12.8 Å². The number of rotatable bonds is 4. The van der Waals surface area contributed by atoms with Gasteiger partial charge in [0.2, 0.25) is 0 Å². The van der Waals surface area contributed by atoms with Crippen LogP contribution in [0.5, 0.6) is 0 Å². The van der Waals surface area contributed by atoms with Crippen molar-refractivity contribution in [2.75, 3.05) is 22.1 Å². The van der Waals surface area contributed by atoms with Crippen LogP contribution in [0.25, 0.3) is 5.65 Å². The van der Waals surface area contributed by atoms with Gasteiger partial charge in [0.1, 0.15) is 11.6 Å². The average molecular weight is 313 g/mol. The van der Waals surface area contributed by atoms with E-state index in [-0.39, 0.29) is 5.69 Å². The fraction of sp³-hybridized carbons (Fsp3) is 0.200. The first-order chi connectivity index (χ1) is 11.1. The highest BCUT2D eigenvalue weighted by Crippen LogP contribution is 2.29. The summed E-state index contributed by atoms with van der Waals surface area (Å²) in [6, 6.07) is 6.76. The third-order valence-electron chi connectivity index (χ3n) is 3.70. The average Bonchev–Trinajstić information content (AvgIpc) is 3.26. The molecule has 0 radical (unpaired) electrons. The summed E-state index contributed by atoms with van der Waals surface area (Å²) in [6.07, 6.45) is 3.85. The number of nitrogens with zero attached hydrogens (tertiary/aromatic N) is 3. The maximum atomic E-state index is 13.3. The molecule has 1 fully saturated rings. The molecule has 0 atom stereocenters. The van der Waals surface area contributed by atoms with E-state index in [4.69, 9.17) is 11.5 Å². The Hall–Kier alpha value is -3.03. The molecular formula is C15H16FN7. The summed E-state index contributed by atoms with van der Waals surface area (Å²) in [5.41, 5.74) is 13.8. The lowest BCUT2D eigenvalue weighted by atomic mass is 10.2. The number of fused-ring (bicyclic) bond motifs is 1. The largest absolute Gasteiger partial charge is 0.396 e. The van der Waals surface area contributed by atoms with Crippen LogP contribution in [0.4, 0.5) is 33.1 Å². The molecule has 1 aromatic carbocycles. The van der Waals surface area contributed by atoms with Crippen molar-refractivity contribution in [2.24, 2.45) is 0 Å². The minimum absolute atomic E-state index is 0.0783. The molecule has 1 aliphatic rings. The van der Waals surface area contributed by atoms with E-state index >= 15 is 0 Å². The Morgan fingerprint density at radius 3 is 2.78 bits per heavy atom. The van der Waals surface area contributed by atoms with Gasteiger partial charge in [-0.1, -0.05) is 0 Å². The zero-order valence-corrected chi connectivity index (χ0v) is 12.3. The minimum Gasteiger partial charge on any atom is -0.396 e. The second kappa shape index (κ2) is 5.01. The van der Waals surface area contributed by atoms with Gasteiger partial charge in [-0.3, -0.25) is 0 Å². The molecule has 0 unspecified atom stereocenters. The van der Waals surface area contributed by atoms with Crippen molar-refractivity contribution in [2.45, 2.75) is 18.9 Å². The van der Waals surface area contributed by atoms with Crippen molar-refractivity contribution >= 4 is 34.3 Å². The number of aromatic nitrogens is 3. The number of hydrogen-bond donors (Lipinski definition) is 4. The van der Waals surface area contributed by atoms with Crippen LogP contribution in [0, 0.1) is 5.82 Å². The molecule has 0 aliphatic heterocycles. The molecule has 23 heavy (non-hydrogen) atoms. The second-order valence-corrected chi connectivity index (χ2v) is 5.64. The van der Waals surface area contributed by atoms with Crippen LogP contribution in [0.2, 0.25) is 0 Å². The number of benzene rings is 1. The van der Waals surface area contributed by atoms with Crippen molar-refractivity contribution in [3.05, 3.63) is 36.3 Å². The van der Waals surface area contributed by atoms with Crippen LogP contribution >= 0.6 is 0 Å². The summed E-state index contributed by atoms with van der Waals surface area (Å²) in [5.74, 6) is 0.561. The molecule has 0 saturated heterocycles. The van der Waals surface area contributed by atoms with E-state index in [1.165, 1.54) is 12.1 Å². The Bertz CT molecular complexity index is 885.